The number of methoxy groups -OCH3 is 5. The van der Waals surface area contributed by atoms with Crippen LogP contribution < -0.4 is 0 Å². The third-order valence-electron chi connectivity index (χ3n) is 10.5. The normalized spacial score (nSPS) is 21.0. The van der Waals surface area contributed by atoms with Gasteiger partial charge in [0.25, 0.3) is 0 Å². The second kappa shape index (κ2) is 30.2. The standard InChI is InChI=1S/C40H72O10S5/c1-27(2)31-24-33(54-21-16-38(43)48-8)29(5)23-34(31)55(22-17-39(44)49-9)35(40(45)50-10)26-52-25-30(13-18-51-19-14-36(41)46-6)11-12-32(28(3)4)53-20-15-37(42)47-7/h27-35,55H,11-26H2,1-10H3. The van der Waals surface area contributed by atoms with Crippen LogP contribution in [0.4, 0.5) is 0 Å². The summed E-state index contributed by atoms with van der Waals surface area (Å²) in [5.41, 5.74) is 0. The van der Waals surface area contributed by atoms with E-state index in [2.05, 4.69) is 34.6 Å². The highest BCUT2D eigenvalue weighted by atomic mass is 32.2. The van der Waals surface area contributed by atoms with Crippen LogP contribution in [0, 0.1) is 29.6 Å². The van der Waals surface area contributed by atoms with Crippen molar-refractivity contribution in [1.29, 1.82) is 0 Å². The van der Waals surface area contributed by atoms with E-state index >= 15 is 0 Å². The third kappa shape index (κ3) is 21.1. The molecule has 0 heterocycles. The van der Waals surface area contributed by atoms with Gasteiger partial charge in [-0.1, -0.05) is 34.6 Å². The first kappa shape index (κ1) is 52.1. The van der Waals surface area contributed by atoms with Crippen LogP contribution in [0.25, 0.3) is 0 Å². The summed E-state index contributed by atoms with van der Waals surface area (Å²) in [6.07, 6.45) is 6.52. The second-order valence-corrected chi connectivity index (χ2v) is 22.7. The zero-order chi connectivity index (χ0) is 41.3. The predicted octanol–water partition coefficient (Wildman–Crippen LogP) is 7.96. The quantitative estimate of drug-likeness (QED) is 0.0338. The molecule has 322 valence electrons. The van der Waals surface area contributed by atoms with Crippen molar-refractivity contribution in [2.45, 2.75) is 113 Å². The summed E-state index contributed by atoms with van der Waals surface area (Å²) in [5, 5.41) is 0.828. The molecular weight excluding hydrogens is 801 g/mol. The highest BCUT2D eigenvalue weighted by molar-refractivity contribution is 8.19. The van der Waals surface area contributed by atoms with Gasteiger partial charge in [0.15, 0.2) is 0 Å². The first-order chi connectivity index (χ1) is 26.2. The molecule has 0 amide bonds. The van der Waals surface area contributed by atoms with Crippen molar-refractivity contribution in [3.05, 3.63) is 0 Å². The van der Waals surface area contributed by atoms with Crippen LogP contribution in [0.5, 0.6) is 0 Å². The van der Waals surface area contributed by atoms with Crippen molar-refractivity contribution in [3.8, 4) is 0 Å². The van der Waals surface area contributed by atoms with Crippen molar-refractivity contribution >= 4 is 87.8 Å². The second-order valence-electron chi connectivity index (χ2n) is 14.9. The summed E-state index contributed by atoms with van der Waals surface area (Å²) in [5.74, 6) is 6.34. The molecule has 1 rings (SSSR count). The van der Waals surface area contributed by atoms with Gasteiger partial charge in [-0.15, -0.1) is 0 Å². The monoisotopic (exact) mass is 872 g/mol. The topological polar surface area (TPSA) is 132 Å². The minimum atomic E-state index is -0.933. The van der Waals surface area contributed by atoms with Crippen LogP contribution in [-0.4, -0.2) is 127 Å². The average Bonchev–Trinajstić information content (AvgIpc) is 3.17. The van der Waals surface area contributed by atoms with E-state index in [1.807, 2.05) is 35.3 Å². The number of thiol groups is 1. The maximum absolute atomic E-state index is 13.8. The Hall–Kier alpha value is -0.900. The van der Waals surface area contributed by atoms with Crippen molar-refractivity contribution in [2.75, 3.05) is 75.8 Å². The largest absolute Gasteiger partial charge is 0.469 e. The van der Waals surface area contributed by atoms with Gasteiger partial charge in [-0.2, -0.15) is 47.0 Å². The van der Waals surface area contributed by atoms with E-state index in [4.69, 9.17) is 23.7 Å². The summed E-state index contributed by atoms with van der Waals surface area (Å²) in [6.45, 7) is 11.3. The smallest absolute Gasteiger partial charge is 0.317 e. The van der Waals surface area contributed by atoms with E-state index in [0.717, 1.165) is 60.9 Å². The summed E-state index contributed by atoms with van der Waals surface area (Å²) in [6, 6.07) is 0. The number of rotatable bonds is 29. The molecule has 1 aliphatic rings. The molecule has 10 nitrogen and oxygen atoms in total. The first-order valence-corrected chi connectivity index (χ1v) is 25.8. The fourth-order valence-corrected chi connectivity index (χ4v) is 16.5. The third-order valence-corrected chi connectivity index (χ3v) is 19.6. The molecule has 0 N–H and O–H groups in total. The minimum absolute atomic E-state index is 0.184. The summed E-state index contributed by atoms with van der Waals surface area (Å²) < 4.78 is 25.1. The van der Waals surface area contributed by atoms with Crippen molar-refractivity contribution in [1.82, 2.24) is 0 Å². The van der Waals surface area contributed by atoms with Crippen LogP contribution in [-0.2, 0) is 47.7 Å². The Bertz CT molecular complexity index is 1130. The van der Waals surface area contributed by atoms with E-state index in [1.54, 1.807) is 11.8 Å². The number of carbonyl (C=O) groups excluding carboxylic acids is 5. The molecule has 0 aliphatic heterocycles. The average molecular weight is 873 g/mol. The molecule has 0 aromatic heterocycles. The van der Waals surface area contributed by atoms with Gasteiger partial charge >= 0.3 is 29.8 Å². The van der Waals surface area contributed by atoms with Gasteiger partial charge in [0.1, 0.15) is 0 Å². The van der Waals surface area contributed by atoms with Crippen molar-refractivity contribution < 1.29 is 47.7 Å². The molecule has 0 bridgehead atoms. The highest BCUT2D eigenvalue weighted by Crippen LogP contribution is 2.53. The fourth-order valence-electron chi connectivity index (χ4n) is 7.07. The van der Waals surface area contributed by atoms with Crippen LogP contribution in [0.3, 0.4) is 0 Å². The first-order valence-electron chi connectivity index (χ1n) is 19.7. The van der Waals surface area contributed by atoms with Crippen molar-refractivity contribution in [2.24, 2.45) is 29.6 Å². The van der Waals surface area contributed by atoms with Crippen LogP contribution >= 0.6 is 57.9 Å². The Kier molecular flexibility index (Phi) is 28.6. The van der Waals surface area contributed by atoms with E-state index in [1.165, 1.54) is 35.5 Å². The number of esters is 5. The lowest BCUT2D eigenvalue weighted by Gasteiger charge is -2.48. The molecule has 0 radical (unpaired) electrons. The number of ether oxygens (including phenoxy) is 5. The molecule has 0 aromatic rings. The number of hydrogen-bond donors (Lipinski definition) is 1. The lowest BCUT2D eigenvalue weighted by atomic mass is 9.77. The minimum Gasteiger partial charge on any atom is -0.469 e. The van der Waals surface area contributed by atoms with Gasteiger partial charge in [-0.25, -0.2) is 10.9 Å². The molecule has 8 unspecified atom stereocenters. The van der Waals surface area contributed by atoms with E-state index in [-0.39, 0.29) is 41.5 Å². The number of hydrogen-bond acceptors (Lipinski definition) is 14. The van der Waals surface area contributed by atoms with E-state index in [0.29, 0.717) is 76.1 Å². The maximum Gasteiger partial charge on any atom is 0.317 e. The molecule has 0 saturated heterocycles. The predicted molar refractivity (Wildman–Crippen MR) is 236 cm³/mol. The fraction of sp³-hybridized carbons (Fsp3) is 0.875. The maximum atomic E-state index is 13.8. The van der Waals surface area contributed by atoms with Gasteiger partial charge in [-0.05, 0) is 84.2 Å². The molecule has 1 aliphatic carbocycles. The summed E-state index contributed by atoms with van der Waals surface area (Å²) in [7, 11) is 6.23. The Morgan fingerprint density at radius 1 is 0.655 bits per heavy atom. The van der Waals surface area contributed by atoms with Crippen molar-refractivity contribution in [3.63, 3.8) is 0 Å². The lowest BCUT2D eigenvalue weighted by Crippen LogP contribution is -2.43. The Morgan fingerprint density at radius 3 is 1.80 bits per heavy atom. The Morgan fingerprint density at radius 2 is 1.24 bits per heavy atom. The zero-order valence-electron chi connectivity index (χ0n) is 35.2. The Balaban J connectivity index is 3.23. The zero-order valence-corrected chi connectivity index (χ0v) is 39.3. The molecule has 1 saturated carbocycles. The number of carbonyl (C=O) groups is 5. The van der Waals surface area contributed by atoms with Crippen LogP contribution in [0.1, 0.15) is 92.4 Å². The van der Waals surface area contributed by atoms with E-state index in [9.17, 15) is 24.0 Å². The molecule has 55 heavy (non-hydrogen) atoms. The van der Waals surface area contributed by atoms with Gasteiger partial charge in [0.05, 0.1) is 66.5 Å². The lowest BCUT2D eigenvalue weighted by molar-refractivity contribution is -0.141. The highest BCUT2D eigenvalue weighted by Gasteiger charge is 2.43. The molecule has 1 fully saturated rings. The van der Waals surface area contributed by atoms with Gasteiger partial charge in [0.2, 0.25) is 0 Å². The molecule has 8 atom stereocenters. The molecule has 15 heteroatoms. The molecular formula is C40H72O10S5. The van der Waals surface area contributed by atoms with Crippen LogP contribution in [0.15, 0.2) is 0 Å². The SMILES string of the molecule is COC(=O)CCSCCC(CCC(SCCC(=O)OC)C(C)C)CSCC(C(=O)OC)[SH](CCC(=O)OC)C1CC(C)C(SCCC(=O)OC)CC1C(C)C. The van der Waals surface area contributed by atoms with Gasteiger partial charge in [-0.3, -0.25) is 24.0 Å². The molecule has 0 aromatic carbocycles. The van der Waals surface area contributed by atoms with Gasteiger partial charge < -0.3 is 23.7 Å². The van der Waals surface area contributed by atoms with Crippen LogP contribution in [0.2, 0.25) is 0 Å². The Labute approximate surface area is 352 Å². The molecule has 0 spiro atoms. The summed E-state index contributed by atoms with van der Waals surface area (Å²) in [4.78, 5) is 61.6. The summed E-state index contributed by atoms with van der Waals surface area (Å²) >= 11 is 7.31. The van der Waals surface area contributed by atoms with E-state index < -0.39 is 10.9 Å². The number of thioether (sulfide) groups is 4. The van der Waals surface area contributed by atoms with Gasteiger partial charge in [0, 0.05) is 33.5 Å².